The fourth-order valence-corrected chi connectivity index (χ4v) is 11.2. The highest BCUT2D eigenvalue weighted by molar-refractivity contribution is 5.90. The molecule has 2 heterocycles. The Morgan fingerprint density at radius 3 is 1.71 bits per heavy atom. The highest BCUT2D eigenvalue weighted by atomic mass is 16.8. The number of unbranched alkanes of at least 4 members (excludes halogenated alkanes) is 3. The van der Waals surface area contributed by atoms with Crippen molar-refractivity contribution >= 4 is 23.9 Å². The molecule has 2 saturated heterocycles. The Kier molecular flexibility index (Phi) is 26.4. The lowest BCUT2D eigenvalue weighted by molar-refractivity contribution is -0.348. The number of hydrogen-bond donors (Lipinski definition) is 0. The Balaban J connectivity index is 1.23. The van der Waals surface area contributed by atoms with E-state index in [0.29, 0.717) is 19.8 Å². The minimum atomic E-state index is -1.67. The molecule has 2 aliphatic carbocycles. The quantitative estimate of drug-likeness (QED) is 0.00868. The molecule has 19 nitrogen and oxygen atoms in total. The van der Waals surface area contributed by atoms with E-state index in [1.165, 1.54) is 0 Å². The van der Waals surface area contributed by atoms with Gasteiger partial charge in [-0.15, -0.1) is 0 Å². The van der Waals surface area contributed by atoms with Gasteiger partial charge in [0.15, 0.2) is 30.9 Å². The van der Waals surface area contributed by atoms with Crippen molar-refractivity contribution in [1.29, 1.82) is 0 Å². The van der Waals surface area contributed by atoms with E-state index < -0.39 is 116 Å². The number of benzene rings is 4. The first kappa shape index (κ1) is 65.5. The maximum atomic E-state index is 14.9. The zero-order valence-corrected chi connectivity index (χ0v) is 50.0. The molecule has 3 fully saturated rings. The maximum Gasteiger partial charge on any atom is 0.338 e. The SMILES string of the molecule is CCCCOC1C(C)OC(OC2C(N=[N+]=[N-])C=CCC2OC2OC(COC(=O)c3ccccc3)C(OC(=O)c3ccccc3)C(O[C@@H](CC3CCCCC3)C(=O)OCc3ccccc3)C2OC(=O)c2ccccc2)C(OCCCC)C1OCCCC. The summed E-state index contributed by atoms with van der Waals surface area (Å²) in [5.41, 5.74) is 11.4. The lowest BCUT2D eigenvalue weighted by atomic mass is 9.85. The van der Waals surface area contributed by atoms with E-state index in [-0.39, 0.29) is 42.1 Å². The summed E-state index contributed by atoms with van der Waals surface area (Å²) in [4.78, 5) is 61.4. The third-order valence-electron chi connectivity index (χ3n) is 15.9. The van der Waals surface area contributed by atoms with Crippen LogP contribution in [0.2, 0.25) is 0 Å². The Morgan fingerprint density at radius 1 is 0.593 bits per heavy atom. The van der Waals surface area contributed by atoms with E-state index in [9.17, 15) is 24.7 Å². The molecule has 1 saturated carbocycles. The van der Waals surface area contributed by atoms with Gasteiger partial charge in [0.1, 0.15) is 43.7 Å². The van der Waals surface area contributed by atoms with Crippen LogP contribution in [0.15, 0.2) is 139 Å². The molecule has 19 heteroatoms. The number of carbonyl (C=O) groups is 4. The number of hydrogen-bond acceptors (Lipinski definition) is 17. The monoisotopic (exact) mass is 1190 g/mol. The molecule has 0 amide bonds. The van der Waals surface area contributed by atoms with Crippen molar-refractivity contribution < 1.29 is 76.0 Å². The first-order valence-corrected chi connectivity index (χ1v) is 30.9. The van der Waals surface area contributed by atoms with Crippen molar-refractivity contribution in [2.24, 2.45) is 11.0 Å². The Morgan fingerprint density at radius 2 is 1.13 bits per heavy atom. The highest BCUT2D eigenvalue weighted by Gasteiger charge is 2.56. The minimum absolute atomic E-state index is 0.0297. The summed E-state index contributed by atoms with van der Waals surface area (Å²) in [7, 11) is 0. The molecule has 0 aromatic heterocycles. The summed E-state index contributed by atoms with van der Waals surface area (Å²) in [5.74, 6) is -3.03. The van der Waals surface area contributed by atoms with Gasteiger partial charge in [0, 0.05) is 24.7 Å². The molecule has 0 N–H and O–H groups in total. The van der Waals surface area contributed by atoms with Gasteiger partial charge in [0.05, 0.1) is 41.0 Å². The molecular weight excluding hydrogens is 1100 g/mol. The molecule has 464 valence electrons. The molecule has 0 bridgehead atoms. The van der Waals surface area contributed by atoms with Gasteiger partial charge < -0.3 is 56.8 Å². The maximum absolute atomic E-state index is 14.9. The number of nitrogens with zero attached hydrogens (tertiary/aromatic N) is 3. The molecule has 2 aliphatic heterocycles. The van der Waals surface area contributed by atoms with Gasteiger partial charge in [-0.2, -0.15) is 0 Å². The third kappa shape index (κ3) is 18.8. The summed E-state index contributed by atoms with van der Waals surface area (Å²) in [6.07, 6.45) is -1.68. The Hall–Kier alpha value is -6.51. The molecule has 86 heavy (non-hydrogen) atoms. The van der Waals surface area contributed by atoms with Crippen molar-refractivity contribution in [1.82, 2.24) is 0 Å². The molecule has 8 rings (SSSR count). The first-order chi connectivity index (χ1) is 42.1. The molecular formula is C67H85N3O16. The molecule has 14 atom stereocenters. The second-order valence-electron chi connectivity index (χ2n) is 22.3. The van der Waals surface area contributed by atoms with E-state index in [0.717, 1.165) is 76.2 Å². The second-order valence-corrected chi connectivity index (χ2v) is 22.3. The van der Waals surface area contributed by atoms with Crippen LogP contribution in [0.25, 0.3) is 10.4 Å². The van der Waals surface area contributed by atoms with Crippen LogP contribution in [-0.4, -0.2) is 136 Å². The van der Waals surface area contributed by atoms with E-state index in [1.807, 2.05) is 37.3 Å². The van der Waals surface area contributed by atoms with Gasteiger partial charge in [-0.3, -0.25) is 0 Å². The fourth-order valence-electron chi connectivity index (χ4n) is 11.2. The molecule has 0 spiro atoms. The lowest BCUT2D eigenvalue weighted by Gasteiger charge is -2.48. The van der Waals surface area contributed by atoms with Crippen molar-refractivity contribution in [2.45, 2.75) is 204 Å². The van der Waals surface area contributed by atoms with Gasteiger partial charge in [-0.1, -0.05) is 174 Å². The fraction of sp³-hybridized carbons (Fsp3) is 0.552. The number of azide groups is 1. The van der Waals surface area contributed by atoms with Crippen LogP contribution < -0.4 is 0 Å². The van der Waals surface area contributed by atoms with Gasteiger partial charge in [0.2, 0.25) is 0 Å². The summed E-state index contributed by atoms with van der Waals surface area (Å²) in [5, 5.41) is 4.20. The number of carbonyl (C=O) groups excluding carboxylic acids is 4. The standard InChI is InChI=1S/C67H85N3O16/c1-5-8-39-75-55-45(4)80-66(60(77-41-10-7-3)58(55)76-40-9-6-2)86-56-51(69-70-68)37-26-38-52(56)82-67-61(85-64(73)50-35-24-15-25-36-50)59(81-53(42-46-27-16-11-17-28-46)65(74)78-43-47-29-18-12-19-30-47)57(84-63(72)49-33-22-14-23-34-49)54(83-67)44-79-62(71)48-31-20-13-21-32-48/h12-15,18-26,29-37,45-46,51-61,66-67H,5-11,16-17,27-28,38-44H2,1-4H3/t45?,51?,52?,53-,54?,55?,56?,57?,58?,59?,60?,61?,66?,67?/m0/s1. The van der Waals surface area contributed by atoms with Crippen LogP contribution in [0.1, 0.15) is 148 Å². The van der Waals surface area contributed by atoms with E-state index in [1.54, 1.807) is 103 Å². The predicted molar refractivity (Wildman–Crippen MR) is 317 cm³/mol. The number of ether oxygens (including phenoxy) is 12. The zero-order chi connectivity index (χ0) is 60.5. The average molecular weight is 1190 g/mol. The van der Waals surface area contributed by atoms with Crippen LogP contribution in [-0.2, 0) is 68.2 Å². The molecule has 4 aliphatic rings. The number of esters is 4. The van der Waals surface area contributed by atoms with Crippen molar-refractivity contribution in [3.05, 3.63) is 166 Å². The molecule has 4 aromatic rings. The Labute approximate surface area is 505 Å². The van der Waals surface area contributed by atoms with E-state index >= 15 is 0 Å². The minimum Gasteiger partial charge on any atom is -0.459 e. The second kappa shape index (κ2) is 34.7. The van der Waals surface area contributed by atoms with Crippen molar-refractivity contribution in [3.8, 4) is 0 Å². The van der Waals surface area contributed by atoms with Crippen LogP contribution in [0.3, 0.4) is 0 Å². The zero-order valence-electron chi connectivity index (χ0n) is 50.0. The van der Waals surface area contributed by atoms with Crippen molar-refractivity contribution in [2.75, 3.05) is 26.4 Å². The average Bonchev–Trinajstić information content (AvgIpc) is 1.23. The summed E-state index contributed by atoms with van der Waals surface area (Å²) in [6.45, 7) is 8.80. The third-order valence-corrected chi connectivity index (χ3v) is 15.9. The normalized spacial score (nSPS) is 27.0. The molecule has 4 aromatic carbocycles. The van der Waals surface area contributed by atoms with Gasteiger partial charge >= 0.3 is 23.9 Å². The van der Waals surface area contributed by atoms with Gasteiger partial charge in [-0.25, -0.2) is 19.2 Å². The van der Waals surface area contributed by atoms with Crippen LogP contribution in [0.5, 0.6) is 0 Å². The van der Waals surface area contributed by atoms with Crippen LogP contribution >= 0.6 is 0 Å². The highest BCUT2D eigenvalue weighted by Crippen LogP contribution is 2.39. The predicted octanol–water partition coefficient (Wildman–Crippen LogP) is 12.2. The van der Waals surface area contributed by atoms with Crippen molar-refractivity contribution in [3.63, 3.8) is 0 Å². The molecule has 13 unspecified atom stereocenters. The summed E-state index contributed by atoms with van der Waals surface area (Å²) < 4.78 is 80.2. The summed E-state index contributed by atoms with van der Waals surface area (Å²) >= 11 is 0. The summed E-state index contributed by atoms with van der Waals surface area (Å²) in [6, 6.07) is 33.1. The first-order valence-electron chi connectivity index (χ1n) is 30.9. The Bertz CT molecular complexity index is 2750. The molecule has 0 radical (unpaired) electrons. The lowest BCUT2D eigenvalue weighted by Crippen LogP contribution is -2.65. The van der Waals surface area contributed by atoms with Gasteiger partial charge in [0.25, 0.3) is 0 Å². The topological polar surface area (TPSA) is 228 Å². The largest absolute Gasteiger partial charge is 0.459 e. The van der Waals surface area contributed by atoms with E-state index in [2.05, 4.69) is 30.8 Å². The number of rotatable bonds is 31. The van der Waals surface area contributed by atoms with Crippen LogP contribution in [0, 0.1) is 5.92 Å². The van der Waals surface area contributed by atoms with Gasteiger partial charge in [-0.05, 0) is 92.4 Å². The smallest absolute Gasteiger partial charge is 0.338 e. The van der Waals surface area contributed by atoms with Crippen LogP contribution in [0.4, 0.5) is 0 Å². The van der Waals surface area contributed by atoms with E-state index in [4.69, 9.17) is 56.8 Å².